The predicted octanol–water partition coefficient (Wildman–Crippen LogP) is 7.79. The number of nitrogens with zero attached hydrogens (tertiary/aromatic N) is 2. The highest BCUT2D eigenvalue weighted by Gasteiger charge is 2.39. The molecular weight excluding hydrogens is 479 g/mol. The van der Waals surface area contributed by atoms with E-state index >= 15 is 0 Å². The van der Waals surface area contributed by atoms with E-state index in [0.717, 1.165) is 35.6 Å². The van der Waals surface area contributed by atoms with Crippen LogP contribution in [-0.4, -0.2) is 28.4 Å². The number of hydrogen-bond acceptors (Lipinski definition) is 3. The third-order valence-corrected chi connectivity index (χ3v) is 6.61. The Morgan fingerprint density at radius 3 is 2.34 bits per heavy atom. The SMILES string of the molecule is C=CC[C@H]1CCC(c2ccc(Cl)cc2)N(C(CC)COc2cccnc2)C1=O.Clc1ccccc1. The van der Waals surface area contributed by atoms with Crippen molar-refractivity contribution >= 4 is 29.1 Å². The summed E-state index contributed by atoms with van der Waals surface area (Å²) in [6.07, 6.45) is 8.58. The molecule has 0 aliphatic carbocycles. The maximum absolute atomic E-state index is 13.4. The zero-order valence-electron chi connectivity index (χ0n) is 20.0. The zero-order valence-corrected chi connectivity index (χ0v) is 21.5. The minimum atomic E-state index is -0.0130. The van der Waals surface area contributed by atoms with E-state index in [9.17, 15) is 4.79 Å². The van der Waals surface area contributed by atoms with Gasteiger partial charge in [0.1, 0.15) is 12.4 Å². The highest BCUT2D eigenvalue weighted by molar-refractivity contribution is 6.30. The molecule has 0 radical (unpaired) electrons. The molecule has 4 rings (SSSR count). The summed E-state index contributed by atoms with van der Waals surface area (Å²) >= 11 is 11.6. The van der Waals surface area contributed by atoms with Gasteiger partial charge in [0.15, 0.2) is 0 Å². The minimum Gasteiger partial charge on any atom is -0.490 e. The molecule has 2 aromatic carbocycles. The van der Waals surface area contributed by atoms with Crippen molar-refractivity contribution in [3.8, 4) is 5.75 Å². The first-order valence-electron chi connectivity index (χ1n) is 11.9. The van der Waals surface area contributed by atoms with E-state index in [1.807, 2.05) is 77.7 Å². The van der Waals surface area contributed by atoms with Crippen LogP contribution in [-0.2, 0) is 4.79 Å². The van der Waals surface area contributed by atoms with E-state index in [-0.39, 0.29) is 23.9 Å². The monoisotopic (exact) mass is 510 g/mol. The maximum atomic E-state index is 13.4. The molecule has 184 valence electrons. The van der Waals surface area contributed by atoms with Gasteiger partial charge in [-0.15, -0.1) is 6.58 Å². The van der Waals surface area contributed by atoms with Crippen LogP contribution in [0.4, 0.5) is 0 Å². The van der Waals surface area contributed by atoms with E-state index in [4.69, 9.17) is 27.9 Å². The summed E-state index contributed by atoms with van der Waals surface area (Å²) in [5, 5.41) is 1.50. The van der Waals surface area contributed by atoms with Crippen LogP contribution in [0, 0.1) is 5.92 Å². The molecule has 1 fully saturated rings. The molecule has 0 bridgehead atoms. The van der Waals surface area contributed by atoms with Crippen LogP contribution in [0.3, 0.4) is 0 Å². The lowest BCUT2D eigenvalue weighted by atomic mass is 9.85. The van der Waals surface area contributed by atoms with Crippen molar-refractivity contribution in [2.45, 2.75) is 44.7 Å². The Kier molecular flexibility index (Phi) is 10.6. The van der Waals surface area contributed by atoms with Gasteiger partial charge in [-0.05, 0) is 67.6 Å². The summed E-state index contributed by atoms with van der Waals surface area (Å²) in [7, 11) is 0. The molecule has 3 aromatic rings. The van der Waals surface area contributed by atoms with Crippen molar-refractivity contribution in [3.05, 3.63) is 107 Å². The van der Waals surface area contributed by atoms with Crippen LogP contribution in [0.25, 0.3) is 0 Å². The van der Waals surface area contributed by atoms with Gasteiger partial charge in [-0.3, -0.25) is 9.78 Å². The second kappa shape index (κ2) is 13.9. The number of hydrogen-bond donors (Lipinski definition) is 0. The quantitative estimate of drug-likeness (QED) is 0.290. The largest absolute Gasteiger partial charge is 0.490 e. The van der Waals surface area contributed by atoms with Crippen LogP contribution >= 0.6 is 23.2 Å². The summed E-state index contributed by atoms with van der Waals surface area (Å²) in [5.74, 6) is 0.900. The molecule has 1 saturated heterocycles. The number of aromatic nitrogens is 1. The molecule has 1 aliphatic rings. The Bertz CT molecular complexity index is 1050. The Labute approximate surface area is 218 Å². The van der Waals surface area contributed by atoms with E-state index in [1.54, 1.807) is 12.4 Å². The van der Waals surface area contributed by atoms with Gasteiger partial charge in [0.05, 0.1) is 18.3 Å². The molecule has 1 aliphatic heterocycles. The minimum absolute atomic E-state index is 0.00603. The molecule has 0 spiro atoms. The van der Waals surface area contributed by atoms with Gasteiger partial charge in [-0.2, -0.15) is 0 Å². The Morgan fingerprint density at radius 1 is 1.06 bits per heavy atom. The lowest BCUT2D eigenvalue weighted by molar-refractivity contribution is -0.146. The number of likely N-dealkylation sites (tertiary alicyclic amines) is 1. The highest BCUT2D eigenvalue weighted by Crippen LogP contribution is 2.38. The van der Waals surface area contributed by atoms with Crippen molar-refractivity contribution in [2.24, 2.45) is 5.92 Å². The average molecular weight is 511 g/mol. The van der Waals surface area contributed by atoms with Crippen molar-refractivity contribution in [1.29, 1.82) is 0 Å². The number of pyridine rings is 1. The van der Waals surface area contributed by atoms with Gasteiger partial charge in [0, 0.05) is 22.2 Å². The molecular formula is C29H32Cl2N2O2. The Hall–Kier alpha value is -2.82. The summed E-state index contributed by atoms with van der Waals surface area (Å²) in [6.45, 7) is 6.37. The molecule has 0 saturated carbocycles. The van der Waals surface area contributed by atoms with Crippen LogP contribution in [0.5, 0.6) is 5.75 Å². The van der Waals surface area contributed by atoms with Crippen LogP contribution < -0.4 is 4.74 Å². The fourth-order valence-electron chi connectivity index (χ4n) is 4.29. The third kappa shape index (κ3) is 7.84. The predicted molar refractivity (Wildman–Crippen MR) is 144 cm³/mol. The van der Waals surface area contributed by atoms with E-state index in [2.05, 4.69) is 18.5 Å². The number of ether oxygens (including phenoxy) is 1. The number of carbonyl (C=O) groups excluding carboxylic acids is 1. The standard InChI is InChI=1S/C23H27ClN2O2.C6H5Cl/c1-3-6-18-10-13-22(17-8-11-19(24)12-9-17)26(23(18)27)20(4-2)16-28-21-7-5-14-25-15-21;7-6-4-2-1-3-5-6/h3,5,7-9,11-12,14-15,18,20,22H,1,4,6,10,13,16H2,2H3;1-5H/t18-,20?,22?;/m0./s1. The number of carbonyl (C=O) groups is 1. The Balaban J connectivity index is 0.000000420. The van der Waals surface area contributed by atoms with Gasteiger partial charge in [-0.25, -0.2) is 0 Å². The summed E-state index contributed by atoms with van der Waals surface area (Å²) in [6, 6.07) is 21.0. The smallest absolute Gasteiger partial charge is 0.226 e. The topological polar surface area (TPSA) is 42.4 Å². The van der Waals surface area contributed by atoms with Crippen LogP contribution in [0.15, 0.2) is 91.8 Å². The van der Waals surface area contributed by atoms with Gasteiger partial charge in [-0.1, -0.05) is 66.5 Å². The van der Waals surface area contributed by atoms with Crippen LogP contribution in [0.2, 0.25) is 10.0 Å². The number of piperidine rings is 1. The Morgan fingerprint density at radius 2 is 1.77 bits per heavy atom. The summed E-state index contributed by atoms with van der Waals surface area (Å²) in [4.78, 5) is 19.5. The molecule has 1 amide bonds. The lowest BCUT2D eigenvalue weighted by Crippen LogP contribution is -2.50. The average Bonchev–Trinajstić information content (AvgIpc) is 2.88. The first-order valence-corrected chi connectivity index (χ1v) is 12.7. The van der Waals surface area contributed by atoms with Gasteiger partial charge in [0.2, 0.25) is 5.91 Å². The highest BCUT2D eigenvalue weighted by atomic mass is 35.5. The summed E-state index contributed by atoms with van der Waals surface area (Å²) in [5.41, 5.74) is 1.12. The maximum Gasteiger partial charge on any atom is 0.226 e. The molecule has 2 heterocycles. The van der Waals surface area contributed by atoms with Crippen molar-refractivity contribution < 1.29 is 9.53 Å². The fraction of sp³-hybridized carbons (Fsp3) is 0.310. The number of rotatable bonds is 8. The van der Waals surface area contributed by atoms with E-state index in [0.29, 0.717) is 18.1 Å². The third-order valence-electron chi connectivity index (χ3n) is 6.11. The molecule has 0 N–H and O–H groups in total. The number of benzene rings is 2. The van der Waals surface area contributed by atoms with Gasteiger partial charge < -0.3 is 9.64 Å². The van der Waals surface area contributed by atoms with Crippen LogP contribution in [0.1, 0.15) is 44.2 Å². The van der Waals surface area contributed by atoms with Gasteiger partial charge in [0.25, 0.3) is 0 Å². The summed E-state index contributed by atoms with van der Waals surface area (Å²) < 4.78 is 5.96. The van der Waals surface area contributed by atoms with Crippen molar-refractivity contribution in [3.63, 3.8) is 0 Å². The second-order valence-corrected chi connectivity index (χ2v) is 9.34. The molecule has 35 heavy (non-hydrogen) atoms. The molecule has 4 nitrogen and oxygen atoms in total. The first-order chi connectivity index (χ1) is 17.0. The van der Waals surface area contributed by atoms with Crippen molar-refractivity contribution in [1.82, 2.24) is 9.88 Å². The van der Waals surface area contributed by atoms with E-state index in [1.165, 1.54) is 0 Å². The first kappa shape index (κ1) is 26.8. The molecule has 3 atom stereocenters. The second-order valence-electron chi connectivity index (χ2n) is 8.47. The molecule has 6 heteroatoms. The van der Waals surface area contributed by atoms with Gasteiger partial charge >= 0.3 is 0 Å². The molecule has 1 aromatic heterocycles. The van der Waals surface area contributed by atoms with E-state index < -0.39 is 0 Å². The zero-order chi connectivity index (χ0) is 25.0. The lowest BCUT2D eigenvalue weighted by Gasteiger charge is -2.44. The number of halogens is 2. The number of allylic oxidation sites excluding steroid dienone is 1. The molecule has 2 unspecified atom stereocenters. The normalized spacial score (nSPS) is 18.3. The number of amides is 1. The van der Waals surface area contributed by atoms with Crippen molar-refractivity contribution in [2.75, 3.05) is 6.61 Å². The fourth-order valence-corrected chi connectivity index (χ4v) is 4.56.